The number of anilines is 1. The molecule has 0 spiro atoms. The molecule has 6 heteroatoms. The average molecular weight is 267 g/mol. The van der Waals surface area contributed by atoms with Gasteiger partial charge in [0.1, 0.15) is 0 Å². The number of piperazine rings is 1. The molecule has 0 saturated carbocycles. The van der Waals surface area contributed by atoms with Gasteiger partial charge >= 0.3 is 0 Å². The first kappa shape index (κ1) is 12.2. The summed E-state index contributed by atoms with van der Waals surface area (Å²) in [6.07, 6.45) is 2.66. The highest BCUT2D eigenvalue weighted by Crippen LogP contribution is 2.27. The van der Waals surface area contributed by atoms with E-state index in [-0.39, 0.29) is 0 Å². The maximum Gasteiger partial charge on any atom is 0.226 e. The molecule has 2 unspecified atom stereocenters. The second-order valence-corrected chi connectivity index (χ2v) is 5.75. The summed E-state index contributed by atoms with van der Waals surface area (Å²) in [5.41, 5.74) is 0. The predicted octanol–water partition coefficient (Wildman–Crippen LogP) is 1.63. The molecule has 5 nitrogen and oxygen atoms in total. The van der Waals surface area contributed by atoms with Gasteiger partial charge in [0, 0.05) is 31.7 Å². The van der Waals surface area contributed by atoms with E-state index in [4.69, 9.17) is 12.2 Å². The van der Waals surface area contributed by atoms with Crippen molar-refractivity contribution < 1.29 is 0 Å². The summed E-state index contributed by atoms with van der Waals surface area (Å²) in [6, 6.07) is 1.21. The number of fused-ring (bicyclic) bond motifs is 1. The van der Waals surface area contributed by atoms with Gasteiger partial charge in [-0.05, 0) is 45.5 Å². The number of nitrogens with one attached hydrogen (secondary N) is 1. The van der Waals surface area contributed by atoms with Crippen LogP contribution in [0.3, 0.4) is 0 Å². The number of rotatable bonds is 2. The van der Waals surface area contributed by atoms with Crippen molar-refractivity contribution in [2.75, 3.05) is 24.5 Å². The first-order valence-corrected chi connectivity index (χ1v) is 7.27. The van der Waals surface area contributed by atoms with Crippen LogP contribution in [0.5, 0.6) is 0 Å². The molecule has 2 aliphatic heterocycles. The van der Waals surface area contributed by atoms with Crippen LogP contribution in [0.4, 0.5) is 5.95 Å². The Kier molecular flexibility index (Phi) is 3.15. The zero-order valence-electron chi connectivity index (χ0n) is 11.1. The monoisotopic (exact) mass is 267 g/mol. The zero-order valence-corrected chi connectivity index (χ0v) is 11.9. The van der Waals surface area contributed by atoms with E-state index in [0.717, 1.165) is 30.4 Å². The van der Waals surface area contributed by atoms with Crippen molar-refractivity contribution in [2.45, 2.75) is 45.3 Å². The molecular weight excluding hydrogens is 246 g/mol. The van der Waals surface area contributed by atoms with Gasteiger partial charge in [-0.15, -0.1) is 5.10 Å². The second kappa shape index (κ2) is 4.66. The molecule has 2 fully saturated rings. The summed E-state index contributed by atoms with van der Waals surface area (Å²) >= 11 is 5.28. The van der Waals surface area contributed by atoms with Crippen molar-refractivity contribution in [3.63, 3.8) is 0 Å². The van der Waals surface area contributed by atoms with E-state index in [2.05, 4.69) is 38.4 Å². The van der Waals surface area contributed by atoms with Crippen LogP contribution >= 0.6 is 12.2 Å². The van der Waals surface area contributed by atoms with Gasteiger partial charge in [0.2, 0.25) is 5.95 Å². The van der Waals surface area contributed by atoms with E-state index in [1.807, 2.05) is 0 Å². The van der Waals surface area contributed by atoms with Gasteiger partial charge in [-0.2, -0.15) is 0 Å². The SMILES string of the molecule is CCn1c(N2CC3CCCN3CC2C)n[nH]c1=S. The third kappa shape index (κ3) is 1.87. The number of aromatic nitrogens is 3. The quantitative estimate of drug-likeness (QED) is 0.827. The molecule has 1 aromatic rings. The lowest BCUT2D eigenvalue weighted by Gasteiger charge is -2.42. The predicted molar refractivity (Wildman–Crippen MR) is 74.5 cm³/mol. The maximum absolute atomic E-state index is 5.28. The van der Waals surface area contributed by atoms with Gasteiger partial charge in [0.05, 0.1) is 0 Å². The van der Waals surface area contributed by atoms with E-state index in [0.29, 0.717) is 12.1 Å². The molecule has 3 rings (SSSR count). The molecule has 2 saturated heterocycles. The Labute approximate surface area is 113 Å². The first-order chi connectivity index (χ1) is 8.70. The largest absolute Gasteiger partial charge is 0.335 e. The van der Waals surface area contributed by atoms with E-state index >= 15 is 0 Å². The van der Waals surface area contributed by atoms with Crippen molar-refractivity contribution in [1.29, 1.82) is 0 Å². The van der Waals surface area contributed by atoms with Crippen molar-refractivity contribution in [1.82, 2.24) is 19.7 Å². The smallest absolute Gasteiger partial charge is 0.226 e. The van der Waals surface area contributed by atoms with E-state index in [9.17, 15) is 0 Å². The van der Waals surface area contributed by atoms with Crippen LogP contribution in [-0.2, 0) is 6.54 Å². The van der Waals surface area contributed by atoms with Crippen LogP contribution in [0, 0.1) is 4.77 Å². The molecule has 0 aliphatic carbocycles. The van der Waals surface area contributed by atoms with E-state index in [1.54, 1.807) is 0 Å². The maximum atomic E-state index is 5.28. The fraction of sp³-hybridized carbons (Fsp3) is 0.833. The van der Waals surface area contributed by atoms with Gasteiger partial charge in [0.25, 0.3) is 0 Å². The van der Waals surface area contributed by atoms with E-state index < -0.39 is 0 Å². The molecule has 18 heavy (non-hydrogen) atoms. The number of hydrogen-bond acceptors (Lipinski definition) is 4. The Morgan fingerprint density at radius 2 is 2.28 bits per heavy atom. The fourth-order valence-electron chi connectivity index (χ4n) is 3.28. The number of H-pyrrole nitrogens is 1. The molecule has 0 aromatic carbocycles. The number of nitrogens with zero attached hydrogens (tertiary/aromatic N) is 4. The lowest BCUT2D eigenvalue weighted by atomic mass is 10.1. The molecule has 0 amide bonds. The zero-order chi connectivity index (χ0) is 12.7. The van der Waals surface area contributed by atoms with Crippen molar-refractivity contribution >= 4 is 18.2 Å². The Morgan fingerprint density at radius 1 is 1.44 bits per heavy atom. The normalized spacial score (nSPS) is 28.7. The van der Waals surface area contributed by atoms with Crippen molar-refractivity contribution in [3.05, 3.63) is 4.77 Å². The van der Waals surface area contributed by atoms with Crippen molar-refractivity contribution in [2.24, 2.45) is 0 Å². The summed E-state index contributed by atoms with van der Waals surface area (Å²) in [5.74, 6) is 1.02. The summed E-state index contributed by atoms with van der Waals surface area (Å²) < 4.78 is 2.82. The molecule has 1 aromatic heterocycles. The molecule has 2 atom stereocenters. The Bertz CT molecular complexity index is 479. The summed E-state index contributed by atoms with van der Waals surface area (Å²) in [7, 11) is 0. The van der Waals surface area contributed by atoms with Gasteiger partial charge < -0.3 is 4.90 Å². The molecule has 1 N–H and O–H groups in total. The topological polar surface area (TPSA) is 40.1 Å². The van der Waals surface area contributed by atoms with E-state index in [1.165, 1.54) is 19.4 Å². The Hall–Kier alpha value is -0.880. The summed E-state index contributed by atoms with van der Waals surface area (Å²) in [5, 5.41) is 7.35. The minimum atomic E-state index is 0.509. The van der Waals surface area contributed by atoms with Gasteiger partial charge in [0.15, 0.2) is 4.77 Å². The first-order valence-electron chi connectivity index (χ1n) is 6.86. The van der Waals surface area contributed by atoms with Crippen LogP contribution in [0.25, 0.3) is 0 Å². The summed E-state index contributed by atoms with van der Waals surface area (Å²) in [6.45, 7) is 8.78. The lowest BCUT2D eigenvalue weighted by Crippen LogP contribution is -2.55. The average Bonchev–Trinajstić information content (AvgIpc) is 2.93. The molecule has 2 aliphatic rings. The van der Waals surface area contributed by atoms with Crippen LogP contribution in [0.1, 0.15) is 26.7 Å². The number of aromatic amines is 1. The fourth-order valence-corrected chi connectivity index (χ4v) is 3.54. The third-order valence-corrected chi connectivity index (χ3v) is 4.56. The minimum absolute atomic E-state index is 0.509. The molecule has 100 valence electrons. The Morgan fingerprint density at radius 3 is 3.06 bits per heavy atom. The van der Waals surface area contributed by atoms with Crippen LogP contribution in [0.15, 0.2) is 0 Å². The molecule has 0 radical (unpaired) electrons. The molecule has 3 heterocycles. The molecule has 0 bridgehead atoms. The van der Waals surface area contributed by atoms with Gasteiger partial charge in [-0.3, -0.25) is 9.47 Å². The van der Waals surface area contributed by atoms with Crippen molar-refractivity contribution in [3.8, 4) is 0 Å². The second-order valence-electron chi connectivity index (χ2n) is 5.37. The Balaban J connectivity index is 1.88. The highest BCUT2D eigenvalue weighted by Gasteiger charge is 2.35. The van der Waals surface area contributed by atoms with Gasteiger partial charge in [-0.25, -0.2) is 5.10 Å². The standard InChI is InChI=1S/C12H21N5S/c1-3-16-11(13-14-12(16)18)17-8-10-5-4-6-15(10)7-9(17)2/h9-10H,3-8H2,1-2H3,(H,14,18). The highest BCUT2D eigenvalue weighted by molar-refractivity contribution is 7.71. The third-order valence-electron chi connectivity index (χ3n) is 4.25. The molecular formula is C12H21N5S. The highest BCUT2D eigenvalue weighted by atomic mass is 32.1. The van der Waals surface area contributed by atoms with Gasteiger partial charge in [-0.1, -0.05) is 0 Å². The van der Waals surface area contributed by atoms with Crippen LogP contribution in [0.2, 0.25) is 0 Å². The lowest BCUT2D eigenvalue weighted by molar-refractivity contribution is 0.200. The number of hydrogen-bond donors (Lipinski definition) is 1. The van der Waals surface area contributed by atoms with Crippen LogP contribution in [-0.4, -0.2) is 51.4 Å². The minimum Gasteiger partial charge on any atom is -0.335 e. The summed E-state index contributed by atoms with van der Waals surface area (Å²) in [4.78, 5) is 5.04. The van der Waals surface area contributed by atoms with Crippen LogP contribution < -0.4 is 4.90 Å².